The molecule has 27 heavy (non-hydrogen) atoms. The van der Waals surface area contributed by atoms with E-state index >= 15 is 0 Å². The number of ether oxygens (including phenoxy) is 1. The summed E-state index contributed by atoms with van der Waals surface area (Å²) in [5.41, 5.74) is 9.04. The monoisotopic (exact) mass is 370 g/mol. The van der Waals surface area contributed by atoms with Crippen LogP contribution in [-0.4, -0.2) is 22.7 Å². The fourth-order valence-electron chi connectivity index (χ4n) is 2.22. The second kappa shape index (κ2) is 9.59. The highest BCUT2D eigenvalue weighted by Crippen LogP contribution is 2.07. The SMILES string of the molecule is CC(C)(C)OC(=O)NNC(=O)N(Cc1ccccc1)NCc1ccccc1. The summed E-state index contributed by atoms with van der Waals surface area (Å²) in [7, 11) is 0. The Balaban J connectivity index is 1.97. The van der Waals surface area contributed by atoms with Gasteiger partial charge in [-0.1, -0.05) is 60.7 Å². The van der Waals surface area contributed by atoms with Crippen LogP contribution in [0.1, 0.15) is 31.9 Å². The summed E-state index contributed by atoms with van der Waals surface area (Å²) in [6, 6.07) is 18.8. The summed E-state index contributed by atoms with van der Waals surface area (Å²) in [5.74, 6) is 0. The van der Waals surface area contributed by atoms with E-state index in [1.54, 1.807) is 20.8 Å². The molecular weight excluding hydrogens is 344 g/mol. The van der Waals surface area contributed by atoms with Crippen LogP contribution < -0.4 is 16.3 Å². The van der Waals surface area contributed by atoms with Crippen molar-refractivity contribution in [1.82, 2.24) is 21.3 Å². The first-order valence-electron chi connectivity index (χ1n) is 8.71. The number of hydrogen-bond donors (Lipinski definition) is 3. The van der Waals surface area contributed by atoms with Gasteiger partial charge in [-0.25, -0.2) is 25.9 Å². The van der Waals surface area contributed by atoms with Crippen molar-refractivity contribution >= 4 is 12.1 Å². The van der Waals surface area contributed by atoms with E-state index in [0.717, 1.165) is 11.1 Å². The van der Waals surface area contributed by atoms with Crippen LogP contribution in [-0.2, 0) is 17.8 Å². The molecule has 0 aromatic heterocycles. The molecule has 3 amide bonds. The number of benzene rings is 2. The van der Waals surface area contributed by atoms with Crippen LogP contribution in [0.2, 0.25) is 0 Å². The molecule has 0 radical (unpaired) electrons. The minimum Gasteiger partial charge on any atom is -0.443 e. The van der Waals surface area contributed by atoms with E-state index in [1.165, 1.54) is 5.01 Å². The summed E-state index contributed by atoms with van der Waals surface area (Å²) in [6.07, 6.45) is -0.724. The molecular formula is C20H26N4O3. The van der Waals surface area contributed by atoms with Gasteiger partial charge in [0.1, 0.15) is 5.60 Å². The molecule has 0 aliphatic heterocycles. The minimum absolute atomic E-state index is 0.329. The highest BCUT2D eigenvalue weighted by molar-refractivity contribution is 5.77. The van der Waals surface area contributed by atoms with Gasteiger partial charge in [-0.3, -0.25) is 5.01 Å². The summed E-state index contributed by atoms with van der Waals surface area (Å²) < 4.78 is 5.11. The van der Waals surface area contributed by atoms with Crippen molar-refractivity contribution in [2.24, 2.45) is 0 Å². The van der Waals surface area contributed by atoms with Crippen LogP contribution >= 0.6 is 0 Å². The van der Waals surface area contributed by atoms with Crippen molar-refractivity contribution in [3.63, 3.8) is 0 Å². The molecule has 144 valence electrons. The zero-order chi connectivity index (χ0) is 19.7. The zero-order valence-electron chi connectivity index (χ0n) is 15.9. The number of nitrogens with one attached hydrogen (secondary N) is 3. The van der Waals surface area contributed by atoms with Gasteiger partial charge in [0.15, 0.2) is 0 Å². The van der Waals surface area contributed by atoms with E-state index in [-0.39, 0.29) is 0 Å². The van der Waals surface area contributed by atoms with Gasteiger partial charge in [-0.15, -0.1) is 0 Å². The third-order valence-electron chi connectivity index (χ3n) is 3.42. The number of nitrogens with zero attached hydrogens (tertiary/aromatic N) is 1. The quantitative estimate of drug-likeness (QED) is 0.705. The highest BCUT2D eigenvalue weighted by Gasteiger charge is 2.18. The molecule has 0 spiro atoms. The number of carbonyl (C=O) groups is 2. The van der Waals surface area contributed by atoms with Crippen LogP contribution in [0, 0.1) is 0 Å². The molecule has 0 atom stereocenters. The fraction of sp³-hybridized carbons (Fsp3) is 0.300. The first kappa shape index (κ1) is 20.3. The van der Waals surface area contributed by atoms with Crippen molar-refractivity contribution < 1.29 is 14.3 Å². The molecule has 0 fully saturated rings. The second-order valence-corrected chi connectivity index (χ2v) is 6.95. The predicted octanol–water partition coefficient (Wildman–Crippen LogP) is 3.34. The molecule has 7 nitrogen and oxygen atoms in total. The molecule has 0 unspecified atom stereocenters. The molecule has 2 rings (SSSR count). The maximum atomic E-state index is 12.5. The van der Waals surface area contributed by atoms with E-state index in [2.05, 4.69) is 16.3 Å². The highest BCUT2D eigenvalue weighted by atomic mass is 16.6. The van der Waals surface area contributed by atoms with E-state index in [0.29, 0.717) is 13.1 Å². The largest absolute Gasteiger partial charge is 0.443 e. The standard InChI is InChI=1S/C20H26N4O3/c1-20(2,3)27-19(26)23-22-18(25)24(15-17-12-8-5-9-13-17)21-14-16-10-6-4-7-11-16/h4-13,21H,14-15H2,1-3H3,(H,22,25)(H,23,26). The van der Waals surface area contributed by atoms with E-state index < -0.39 is 17.7 Å². The lowest BCUT2D eigenvalue weighted by Gasteiger charge is -2.25. The topological polar surface area (TPSA) is 82.7 Å². The summed E-state index contributed by atoms with van der Waals surface area (Å²) in [4.78, 5) is 24.3. The third kappa shape index (κ3) is 7.79. The third-order valence-corrected chi connectivity index (χ3v) is 3.42. The van der Waals surface area contributed by atoms with Crippen LogP contribution in [0.3, 0.4) is 0 Å². The number of rotatable bonds is 5. The van der Waals surface area contributed by atoms with Crippen LogP contribution in [0.25, 0.3) is 0 Å². The molecule has 0 saturated carbocycles. The Hall–Kier alpha value is -3.06. The maximum Gasteiger partial charge on any atom is 0.426 e. The van der Waals surface area contributed by atoms with Crippen molar-refractivity contribution in [2.45, 2.75) is 39.5 Å². The lowest BCUT2D eigenvalue weighted by Crippen LogP contribution is -2.53. The molecule has 2 aromatic rings. The van der Waals surface area contributed by atoms with Crippen molar-refractivity contribution in [3.8, 4) is 0 Å². The smallest absolute Gasteiger partial charge is 0.426 e. The first-order chi connectivity index (χ1) is 12.8. The van der Waals surface area contributed by atoms with Gasteiger partial charge in [0, 0.05) is 6.54 Å². The van der Waals surface area contributed by atoms with Gasteiger partial charge in [0.2, 0.25) is 0 Å². The van der Waals surface area contributed by atoms with Crippen LogP contribution in [0.15, 0.2) is 60.7 Å². The summed E-state index contributed by atoms with van der Waals surface area (Å²) in [5, 5.41) is 1.40. The van der Waals surface area contributed by atoms with Crippen LogP contribution in [0.4, 0.5) is 9.59 Å². The predicted molar refractivity (Wildman–Crippen MR) is 103 cm³/mol. The number of urea groups is 1. The summed E-state index contributed by atoms with van der Waals surface area (Å²) >= 11 is 0. The summed E-state index contributed by atoms with van der Waals surface area (Å²) in [6.45, 7) is 6.04. The lowest BCUT2D eigenvalue weighted by molar-refractivity contribution is 0.0494. The number of hydrogen-bond acceptors (Lipinski definition) is 4. The second-order valence-electron chi connectivity index (χ2n) is 6.95. The number of amides is 3. The molecule has 7 heteroatoms. The minimum atomic E-state index is -0.724. The molecule has 0 aliphatic rings. The molecule has 0 heterocycles. The Bertz CT molecular complexity index is 730. The van der Waals surface area contributed by atoms with Gasteiger partial charge in [-0.05, 0) is 31.9 Å². The Morgan fingerprint density at radius 2 is 1.44 bits per heavy atom. The van der Waals surface area contributed by atoms with Crippen LogP contribution in [0.5, 0.6) is 0 Å². The fourth-order valence-corrected chi connectivity index (χ4v) is 2.22. The van der Waals surface area contributed by atoms with E-state index in [4.69, 9.17) is 4.74 Å². The maximum absolute atomic E-state index is 12.5. The molecule has 0 aliphatic carbocycles. The van der Waals surface area contributed by atoms with E-state index in [9.17, 15) is 9.59 Å². The van der Waals surface area contributed by atoms with Gasteiger partial charge in [0.25, 0.3) is 0 Å². The normalized spacial score (nSPS) is 10.8. The lowest BCUT2D eigenvalue weighted by atomic mass is 10.2. The Morgan fingerprint density at radius 3 is 2.00 bits per heavy atom. The van der Waals surface area contributed by atoms with Gasteiger partial charge in [-0.2, -0.15) is 0 Å². The number of hydrazine groups is 2. The molecule has 3 N–H and O–H groups in total. The van der Waals surface area contributed by atoms with Gasteiger partial charge in [0.05, 0.1) is 6.54 Å². The Morgan fingerprint density at radius 1 is 0.889 bits per heavy atom. The molecule has 0 bridgehead atoms. The van der Waals surface area contributed by atoms with Gasteiger partial charge >= 0.3 is 12.1 Å². The van der Waals surface area contributed by atoms with Crippen molar-refractivity contribution in [1.29, 1.82) is 0 Å². The van der Waals surface area contributed by atoms with Crippen molar-refractivity contribution in [3.05, 3.63) is 71.8 Å². The van der Waals surface area contributed by atoms with Gasteiger partial charge < -0.3 is 4.74 Å². The molecule has 0 saturated heterocycles. The zero-order valence-corrected chi connectivity index (χ0v) is 15.9. The Labute approximate surface area is 159 Å². The first-order valence-corrected chi connectivity index (χ1v) is 8.71. The molecule has 2 aromatic carbocycles. The average molecular weight is 370 g/mol. The number of carbonyl (C=O) groups excluding carboxylic acids is 2. The average Bonchev–Trinajstić information content (AvgIpc) is 2.63. The Kier molecular flexibility index (Phi) is 7.19. The van der Waals surface area contributed by atoms with Crippen molar-refractivity contribution in [2.75, 3.05) is 0 Å². The van der Waals surface area contributed by atoms with E-state index in [1.807, 2.05) is 60.7 Å².